The van der Waals surface area contributed by atoms with Crippen LogP contribution in [0.2, 0.25) is 0 Å². The highest BCUT2D eigenvalue weighted by Gasteiger charge is 1.93. The van der Waals surface area contributed by atoms with Gasteiger partial charge in [-0.1, -0.05) is 63.3 Å². The van der Waals surface area contributed by atoms with Crippen molar-refractivity contribution >= 4 is 0 Å². The van der Waals surface area contributed by atoms with Crippen LogP contribution in [0.15, 0.2) is 24.3 Å². The quantitative estimate of drug-likeness (QED) is 0.0844. The van der Waals surface area contributed by atoms with E-state index in [4.69, 9.17) is 10.6 Å². The Kier molecular flexibility index (Phi) is 28.6. The number of allylic oxidation sites excluding steroid dienone is 4. The molecule has 0 saturated heterocycles. The molecule has 0 unspecified atom stereocenters. The van der Waals surface area contributed by atoms with Crippen molar-refractivity contribution in [3.8, 4) is 0 Å². The number of hydrogen-bond donors (Lipinski definition) is 4. The Morgan fingerprint density at radius 3 is 1.94 bits per heavy atom. The lowest BCUT2D eigenvalue weighted by Crippen LogP contribution is -2.25. The Morgan fingerprint density at radius 1 is 0.613 bits per heavy atom. The number of hydroxylamine groups is 1. The van der Waals surface area contributed by atoms with E-state index in [9.17, 15) is 0 Å². The molecule has 184 valence electrons. The lowest BCUT2D eigenvalue weighted by molar-refractivity contribution is 0.0389. The predicted octanol–water partition coefficient (Wildman–Crippen LogP) is 5.24. The van der Waals surface area contributed by atoms with E-state index >= 15 is 0 Å². The molecule has 0 aromatic heterocycles. The highest BCUT2D eigenvalue weighted by atomic mass is 16.6. The molecule has 0 atom stereocenters. The second kappa shape index (κ2) is 29.3. The van der Waals surface area contributed by atoms with Gasteiger partial charge in [0.2, 0.25) is 0 Å². The predicted molar refractivity (Wildman–Crippen MR) is 137 cm³/mol. The molecule has 31 heavy (non-hydrogen) atoms. The number of unbranched alkanes of at least 4 members (excludes halogenated alkanes) is 8. The summed E-state index contributed by atoms with van der Waals surface area (Å²) in [7, 11) is 0. The van der Waals surface area contributed by atoms with E-state index in [0.29, 0.717) is 0 Å². The van der Waals surface area contributed by atoms with Gasteiger partial charge in [0.25, 0.3) is 0 Å². The van der Waals surface area contributed by atoms with Gasteiger partial charge in [-0.05, 0) is 90.5 Å². The van der Waals surface area contributed by atoms with Gasteiger partial charge in [-0.15, -0.1) is 0 Å². The molecule has 0 aromatic rings. The van der Waals surface area contributed by atoms with Crippen LogP contribution in [0.4, 0.5) is 0 Å². The third-order valence-corrected chi connectivity index (χ3v) is 5.20. The molecule has 0 bridgehead atoms. The van der Waals surface area contributed by atoms with Crippen LogP contribution in [0.5, 0.6) is 0 Å². The van der Waals surface area contributed by atoms with Crippen molar-refractivity contribution in [2.24, 2.45) is 5.73 Å². The molecule has 0 aliphatic rings. The van der Waals surface area contributed by atoms with E-state index in [1.54, 1.807) is 0 Å². The van der Waals surface area contributed by atoms with Gasteiger partial charge in [-0.3, -0.25) is 0 Å². The highest BCUT2D eigenvalue weighted by Crippen LogP contribution is 2.06. The molecule has 0 aromatic carbocycles. The van der Waals surface area contributed by atoms with Gasteiger partial charge < -0.3 is 21.2 Å². The highest BCUT2D eigenvalue weighted by molar-refractivity contribution is 4.92. The Morgan fingerprint density at radius 2 is 1.23 bits per heavy atom. The van der Waals surface area contributed by atoms with Crippen LogP contribution in [0, 0.1) is 0 Å². The van der Waals surface area contributed by atoms with Crippen molar-refractivity contribution in [1.82, 2.24) is 16.1 Å². The summed E-state index contributed by atoms with van der Waals surface area (Å²) in [6, 6.07) is 0. The number of hydrogen-bond acceptors (Lipinski definition) is 5. The Hall–Kier alpha value is -0.720. The van der Waals surface area contributed by atoms with Gasteiger partial charge in [0.05, 0.1) is 6.61 Å². The fourth-order valence-electron chi connectivity index (χ4n) is 3.24. The molecular weight excluding hydrogens is 384 g/mol. The van der Waals surface area contributed by atoms with Crippen molar-refractivity contribution in [3.63, 3.8) is 0 Å². The van der Waals surface area contributed by atoms with E-state index in [0.717, 1.165) is 71.6 Å². The summed E-state index contributed by atoms with van der Waals surface area (Å²) in [5.41, 5.74) is 8.56. The summed E-state index contributed by atoms with van der Waals surface area (Å²) in [5.74, 6) is 0. The number of rotatable bonds is 26. The number of nitrogens with two attached hydrogens (primary N) is 1. The zero-order valence-corrected chi connectivity index (χ0v) is 20.6. The van der Waals surface area contributed by atoms with Crippen molar-refractivity contribution in [1.29, 1.82) is 0 Å². The monoisotopic (exact) mass is 438 g/mol. The minimum absolute atomic E-state index is 0.773. The third kappa shape index (κ3) is 29.3. The summed E-state index contributed by atoms with van der Waals surface area (Å²) in [5, 5.41) is 6.85. The van der Waals surface area contributed by atoms with Crippen molar-refractivity contribution in [2.45, 2.75) is 96.8 Å². The van der Waals surface area contributed by atoms with Gasteiger partial charge in [0.15, 0.2) is 0 Å². The maximum Gasteiger partial charge on any atom is 0.0694 e. The molecule has 0 rings (SSSR count). The average molecular weight is 439 g/mol. The summed E-state index contributed by atoms with van der Waals surface area (Å²) in [6.07, 6.45) is 26.6. The molecule has 0 saturated carbocycles. The largest absolute Gasteiger partial charge is 0.330 e. The van der Waals surface area contributed by atoms with Gasteiger partial charge in [-0.25, -0.2) is 5.48 Å². The van der Waals surface area contributed by atoms with Gasteiger partial charge in [-0.2, -0.15) is 0 Å². The number of nitrogens with one attached hydrogen (secondary N) is 3. The maximum atomic E-state index is 5.50. The summed E-state index contributed by atoms with van der Waals surface area (Å²) >= 11 is 0. The van der Waals surface area contributed by atoms with E-state index in [1.165, 1.54) is 64.2 Å². The Bertz CT molecular complexity index is 374. The standard InChI is InChI=1S/C26H54N4O/c1-2-3-4-5-6-7-8-9-10-11-12-13-14-15-16-25-30-31-26-19-24-29-23-18-22-28-21-17-20-27/h6-7,9-10,28-30H,2-5,8,11-27H2,1H3/b7-6-,10-9-. The van der Waals surface area contributed by atoms with E-state index in [-0.39, 0.29) is 0 Å². The van der Waals surface area contributed by atoms with Crippen LogP contribution in [0.3, 0.4) is 0 Å². The van der Waals surface area contributed by atoms with Crippen molar-refractivity contribution in [2.75, 3.05) is 45.9 Å². The third-order valence-electron chi connectivity index (χ3n) is 5.20. The summed E-state index contributed by atoms with van der Waals surface area (Å²) in [6.45, 7) is 8.96. The maximum absolute atomic E-state index is 5.50. The molecule has 5 heteroatoms. The zero-order chi connectivity index (χ0) is 22.5. The van der Waals surface area contributed by atoms with Crippen LogP contribution in [0.25, 0.3) is 0 Å². The second-order valence-electron chi connectivity index (χ2n) is 8.32. The first-order valence-corrected chi connectivity index (χ1v) is 13.2. The molecule has 0 heterocycles. The zero-order valence-electron chi connectivity index (χ0n) is 20.6. The summed E-state index contributed by atoms with van der Waals surface area (Å²) in [4.78, 5) is 5.50. The summed E-state index contributed by atoms with van der Waals surface area (Å²) < 4.78 is 0. The molecule has 0 aliphatic carbocycles. The van der Waals surface area contributed by atoms with Crippen LogP contribution in [0.1, 0.15) is 96.8 Å². The Balaban J connectivity index is 3.08. The average Bonchev–Trinajstić information content (AvgIpc) is 2.78. The topological polar surface area (TPSA) is 71.3 Å². The van der Waals surface area contributed by atoms with Crippen LogP contribution >= 0.6 is 0 Å². The minimum Gasteiger partial charge on any atom is -0.330 e. The first-order chi connectivity index (χ1) is 15.4. The molecule has 5 nitrogen and oxygen atoms in total. The van der Waals surface area contributed by atoms with E-state index in [2.05, 4.69) is 47.3 Å². The minimum atomic E-state index is 0.773. The molecule has 0 fully saturated rings. The molecule has 0 spiro atoms. The van der Waals surface area contributed by atoms with Crippen LogP contribution in [-0.4, -0.2) is 45.9 Å². The van der Waals surface area contributed by atoms with Gasteiger partial charge >= 0.3 is 0 Å². The SMILES string of the molecule is CCCCC/C=C\C/C=C\CCCCCCCNOCCCNCCCNCCCN. The molecule has 5 N–H and O–H groups in total. The van der Waals surface area contributed by atoms with Gasteiger partial charge in [0, 0.05) is 6.54 Å². The van der Waals surface area contributed by atoms with Crippen molar-refractivity contribution in [3.05, 3.63) is 24.3 Å². The molecule has 0 amide bonds. The van der Waals surface area contributed by atoms with Crippen LogP contribution < -0.4 is 21.8 Å². The van der Waals surface area contributed by atoms with Crippen LogP contribution in [-0.2, 0) is 4.84 Å². The van der Waals surface area contributed by atoms with E-state index < -0.39 is 0 Å². The fourth-order valence-corrected chi connectivity index (χ4v) is 3.24. The molecule has 0 aliphatic heterocycles. The molecular formula is C26H54N4O. The Labute approximate surface area is 194 Å². The fraction of sp³-hybridized carbons (Fsp3) is 0.846. The smallest absolute Gasteiger partial charge is 0.0694 e. The van der Waals surface area contributed by atoms with Gasteiger partial charge in [0.1, 0.15) is 0 Å². The normalized spacial score (nSPS) is 11.9. The first kappa shape index (κ1) is 30.3. The lowest BCUT2D eigenvalue weighted by atomic mass is 10.1. The first-order valence-electron chi connectivity index (χ1n) is 13.2. The lowest BCUT2D eigenvalue weighted by Gasteiger charge is -2.07. The van der Waals surface area contributed by atoms with Crippen molar-refractivity contribution < 1.29 is 4.84 Å². The van der Waals surface area contributed by atoms with E-state index in [1.807, 2.05) is 0 Å². The molecule has 0 radical (unpaired) electrons. The second-order valence-corrected chi connectivity index (χ2v) is 8.32.